The molecule has 2 N–H and O–H groups in total. The number of benzene rings is 2. The van der Waals surface area contributed by atoms with Crippen molar-refractivity contribution in [1.29, 1.82) is 0 Å². The number of rotatable bonds is 4. The van der Waals surface area contributed by atoms with E-state index in [1.807, 2.05) is 49.9 Å². The Kier molecular flexibility index (Phi) is 5.46. The van der Waals surface area contributed by atoms with Crippen molar-refractivity contribution in [3.05, 3.63) is 70.3 Å². The number of aliphatic imine (C=N–C) groups is 1. The number of nitrogens with one attached hydrogen (secondary N) is 2. The van der Waals surface area contributed by atoms with Crippen LogP contribution in [0, 0.1) is 20.8 Å². The number of likely N-dealkylation sites (N-methyl/N-ethyl adjacent to an activating group) is 1. The second-order valence-electron chi connectivity index (χ2n) is 8.05. The first kappa shape index (κ1) is 20.6. The summed E-state index contributed by atoms with van der Waals surface area (Å²) in [4.78, 5) is 32.8. The summed E-state index contributed by atoms with van der Waals surface area (Å²) in [6.07, 6.45) is 1.10. The Morgan fingerprint density at radius 2 is 1.81 bits per heavy atom. The van der Waals surface area contributed by atoms with Gasteiger partial charge in [-0.2, -0.15) is 5.10 Å². The number of carbonyl (C=O) groups is 2. The van der Waals surface area contributed by atoms with Gasteiger partial charge >= 0.3 is 6.03 Å². The largest absolute Gasteiger partial charge is 0.325 e. The third-order valence-electron chi connectivity index (χ3n) is 5.66. The predicted molar refractivity (Wildman–Crippen MR) is 120 cm³/mol. The van der Waals surface area contributed by atoms with Crippen LogP contribution in [0.5, 0.6) is 0 Å². The highest BCUT2D eigenvalue weighted by Crippen LogP contribution is 2.26. The number of imide groups is 1. The van der Waals surface area contributed by atoms with Crippen molar-refractivity contribution in [2.24, 2.45) is 10.1 Å². The Balaban J connectivity index is 1.62. The molecule has 31 heavy (non-hydrogen) atoms. The van der Waals surface area contributed by atoms with Crippen LogP contribution in [0.25, 0.3) is 0 Å². The third kappa shape index (κ3) is 4.14. The fourth-order valence-corrected chi connectivity index (χ4v) is 3.76. The summed E-state index contributed by atoms with van der Waals surface area (Å²) in [5.41, 5.74) is 8.46. The Morgan fingerprint density at radius 3 is 2.55 bits per heavy atom. The van der Waals surface area contributed by atoms with Crippen LogP contribution in [0.1, 0.15) is 27.8 Å². The minimum Gasteiger partial charge on any atom is -0.321 e. The van der Waals surface area contributed by atoms with E-state index in [0.29, 0.717) is 12.5 Å². The second kappa shape index (κ2) is 8.22. The summed E-state index contributed by atoms with van der Waals surface area (Å²) in [6, 6.07) is 13.1. The van der Waals surface area contributed by atoms with Gasteiger partial charge in [-0.15, -0.1) is 0 Å². The molecule has 1 saturated heterocycles. The molecule has 2 aromatic rings. The maximum absolute atomic E-state index is 12.7. The van der Waals surface area contributed by atoms with Crippen LogP contribution in [0.3, 0.4) is 0 Å². The minimum atomic E-state index is -0.625. The molecule has 0 spiro atoms. The molecule has 8 heteroatoms. The molecule has 8 nitrogen and oxygen atoms in total. The van der Waals surface area contributed by atoms with E-state index in [1.54, 1.807) is 13.3 Å². The Morgan fingerprint density at radius 1 is 1.10 bits per heavy atom. The van der Waals surface area contributed by atoms with Crippen LogP contribution in [0.4, 0.5) is 4.79 Å². The summed E-state index contributed by atoms with van der Waals surface area (Å²) in [5, 5.41) is 6.75. The lowest BCUT2D eigenvalue weighted by Gasteiger charge is -2.36. The smallest absolute Gasteiger partial charge is 0.321 e. The van der Waals surface area contributed by atoms with Gasteiger partial charge in [-0.3, -0.25) is 10.1 Å². The molecule has 0 aromatic heterocycles. The topological polar surface area (TPSA) is 89.4 Å². The first-order valence-electron chi connectivity index (χ1n) is 10.2. The number of hydrogen-bond donors (Lipinski definition) is 2. The van der Waals surface area contributed by atoms with Gasteiger partial charge in [0.2, 0.25) is 5.96 Å². The average molecular weight is 419 g/mol. The van der Waals surface area contributed by atoms with E-state index in [9.17, 15) is 9.59 Å². The molecule has 2 unspecified atom stereocenters. The summed E-state index contributed by atoms with van der Waals surface area (Å²) in [5.74, 6) is 0.0949. The molecule has 3 amide bonds. The van der Waals surface area contributed by atoms with E-state index in [-0.39, 0.29) is 5.91 Å². The molecule has 4 rings (SSSR count). The first-order valence-corrected chi connectivity index (χ1v) is 10.2. The Bertz CT molecular complexity index is 1080. The molecule has 2 aromatic carbocycles. The number of fused-ring (bicyclic) bond motifs is 1. The number of guanidine groups is 1. The predicted octanol–water partition coefficient (Wildman–Crippen LogP) is 2.28. The normalized spacial score (nSPS) is 20.7. The number of amides is 3. The van der Waals surface area contributed by atoms with Gasteiger partial charge < -0.3 is 9.80 Å². The van der Waals surface area contributed by atoms with Gasteiger partial charge in [-0.05, 0) is 37.5 Å². The van der Waals surface area contributed by atoms with Gasteiger partial charge in [0.1, 0.15) is 0 Å². The SMILES string of the molecule is Cc1ccc(/C=N/NC2=NC3C(C(=O)NC(=O)N3C)N2Cc2cc(C)ccc2C)cc1. The van der Waals surface area contributed by atoms with Crippen LogP contribution >= 0.6 is 0 Å². The van der Waals surface area contributed by atoms with Gasteiger partial charge in [0.15, 0.2) is 12.2 Å². The minimum absolute atomic E-state index is 0.360. The van der Waals surface area contributed by atoms with E-state index in [1.165, 1.54) is 10.5 Å². The number of hydrazone groups is 1. The van der Waals surface area contributed by atoms with Gasteiger partial charge in [0.05, 0.1) is 6.21 Å². The summed E-state index contributed by atoms with van der Waals surface area (Å²) in [7, 11) is 1.64. The molecule has 1 fully saturated rings. The molecule has 2 heterocycles. The summed E-state index contributed by atoms with van der Waals surface area (Å²) < 4.78 is 0. The molecule has 2 aliphatic heterocycles. The quantitative estimate of drug-likeness (QED) is 0.589. The third-order valence-corrected chi connectivity index (χ3v) is 5.66. The number of nitrogens with zero attached hydrogens (tertiary/aromatic N) is 4. The van der Waals surface area contributed by atoms with Crippen LogP contribution in [-0.2, 0) is 11.3 Å². The fourth-order valence-electron chi connectivity index (χ4n) is 3.76. The van der Waals surface area contributed by atoms with Crippen LogP contribution in [0.2, 0.25) is 0 Å². The van der Waals surface area contributed by atoms with Crippen molar-refractivity contribution in [3.8, 4) is 0 Å². The van der Waals surface area contributed by atoms with Gasteiger partial charge in [0, 0.05) is 13.6 Å². The maximum atomic E-state index is 12.7. The summed E-state index contributed by atoms with van der Waals surface area (Å²) >= 11 is 0. The number of hydrogen-bond acceptors (Lipinski definition) is 6. The van der Waals surface area contributed by atoms with Crippen LogP contribution in [-0.4, -0.2) is 53.2 Å². The van der Waals surface area contributed by atoms with Gasteiger partial charge in [-0.1, -0.05) is 53.6 Å². The molecule has 2 atom stereocenters. The highest BCUT2D eigenvalue weighted by atomic mass is 16.2. The zero-order valence-electron chi connectivity index (χ0n) is 18.1. The lowest BCUT2D eigenvalue weighted by atomic mass is 10.0. The zero-order chi connectivity index (χ0) is 22.1. The van der Waals surface area contributed by atoms with Crippen molar-refractivity contribution in [3.63, 3.8) is 0 Å². The standard InChI is InChI=1S/C23H26N6O2/c1-14-6-9-17(10-7-14)12-24-27-22-25-20-19(21(30)26-23(31)28(20)4)29(22)13-18-11-15(2)5-8-16(18)3/h5-12,19-20H,13H2,1-4H3,(H,25,27)(H,26,30,31)/b24-12+. The Hall–Kier alpha value is -3.68. The molecule has 0 saturated carbocycles. The van der Waals surface area contributed by atoms with E-state index in [4.69, 9.17) is 0 Å². The molecular weight excluding hydrogens is 392 g/mol. The zero-order valence-corrected chi connectivity index (χ0v) is 18.1. The van der Waals surface area contributed by atoms with Crippen molar-refractivity contribution >= 4 is 24.1 Å². The molecule has 2 aliphatic rings. The molecule has 160 valence electrons. The van der Waals surface area contributed by atoms with Crippen LogP contribution < -0.4 is 10.7 Å². The monoisotopic (exact) mass is 418 g/mol. The maximum Gasteiger partial charge on any atom is 0.325 e. The van der Waals surface area contributed by atoms with Gasteiger partial charge in [0.25, 0.3) is 5.91 Å². The van der Waals surface area contributed by atoms with Crippen molar-refractivity contribution in [2.75, 3.05) is 7.05 Å². The number of urea groups is 1. The molecule has 0 bridgehead atoms. The molecule has 0 radical (unpaired) electrons. The van der Waals surface area contributed by atoms with Crippen molar-refractivity contribution in [1.82, 2.24) is 20.5 Å². The lowest BCUT2D eigenvalue weighted by molar-refractivity contribution is -0.127. The molecular formula is C23H26N6O2. The van der Waals surface area contributed by atoms with Crippen molar-refractivity contribution < 1.29 is 9.59 Å². The highest BCUT2D eigenvalue weighted by Gasteiger charge is 2.48. The fraction of sp³-hybridized carbons (Fsp3) is 0.304. The van der Waals surface area contributed by atoms with E-state index >= 15 is 0 Å². The van der Waals surface area contributed by atoms with Gasteiger partial charge in [-0.25, -0.2) is 15.2 Å². The van der Waals surface area contributed by atoms with Crippen molar-refractivity contribution in [2.45, 2.75) is 39.5 Å². The lowest BCUT2D eigenvalue weighted by Crippen LogP contribution is -2.63. The number of carbonyl (C=O) groups excluding carboxylic acids is 2. The average Bonchev–Trinajstić information content (AvgIpc) is 3.09. The van der Waals surface area contributed by atoms with E-state index in [0.717, 1.165) is 22.3 Å². The highest BCUT2D eigenvalue weighted by molar-refractivity contribution is 6.03. The first-order chi connectivity index (χ1) is 14.8. The van der Waals surface area contributed by atoms with E-state index in [2.05, 4.69) is 39.0 Å². The Labute approximate surface area is 181 Å². The molecule has 0 aliphatic carbocycles. The van der Waals surface area contributed by atoms with Crippen LogP contribution in [0.15, 0.2) is 52.6 Å². The summed E-state index contributed by atoms with van der Waals surface area (Å²) in [6.45, 7) is 6.57. The van der Waals surface area contributed by atoms with E-state index < -0.39 is 18.2 Å². The second-order valence-corrected chi connectivity index (χ2v) is 8.05. The number of aryl methyl sites for hydroxylation is 3.